The van der Waals surface area contributed by atoms with Crippen LogP contribution in [0.25, 0.3) is 0 Å². The van der Waals surface area contributed by atoms with E-state index in [-0.39, 0.29) is 5.78 Å². The molecule has 0 aliphatic heterocycles. The molecule has 0 aliphatic carbocycles. The van der Waals surface area contributed by atoms with Gasteiger partial charge in [-0.3, -0.25) is 4.79 Å². The molecule has 2 aromatic rings. The molecule has 98 valence electrons. The Hall–Kier alpha value is -2.09. The maximum atomic E-state index is 11.7. The summed E-state index contributed by atoms with van der Waals surface area (Å²) < 4.78 is 5.76. The van der Waals surface area contributed by atoms with E-state index >= 15 is 0 Å². The van der Waals surface area contributed by atoms with Crippen molar-refractivity contribution in [3.63, 3.8) is 0 Å². The standard InChI is InChI=1S/C17H18O2/c1-3-14-9-10-17(16(11-14)13(2)18)19-12-15-7-5-4-6-8-15/h4-11H,3,12H2,1-2H3. The molecule has 2 heteroatoms. The van der Waals surface area contributed by atoms with Crippen LogP contribution in [0, 0.1) is 0 Å². The van der Waals surface area contributed by atoms with Gasteiger partial charge in [0.1, 0.15) is 12.4 Å². The van der Waals surface area contributed by atoms with Crippen LogP contribution >= 0.6 is 0 Å². The third-order valence-electron chi connectivity index (χ3n) is 3.07. The Morgan fingerprint density at radius 2 is 1.79 bits per heavy atom. The first-order valence-corrected chi connectivity index (χ1v) is 6.51. The fraction of sp³-hybridized carbons (Fsp3) is 0.235. The van der Waals surface area contributed by atoms with Crippen LogP contribution < -0.4 is 4.74 Å². The van der Waals surface area contributed by atoms with Crippen LogP contribution in [-0.4, -0.2) is 5.78 Å². The van der Waals surface area contributed by atoms with Gasteiger partial charge in [0, 0.05) is 0 Å². The first-order valence-electron chi connectivity index (χ1n) is 6.51. The number of rotatable bonds is 5. The van der Waals surface area contributed by atoms with E-state index < -0.39 is 0 Å². The van der Waals surface area contributed by atoms with Crippen molar-refractivity contribution < 1.29 is 9.53 Å². The predicted octanol–water partition coefficient (Wildman–Crippen LogP) is 4.03. The summed E-state index contributed by atoms with van der Waals surface area (Å²) in [7, 11) is 0. The van der Waals surface area contributed by atoms with Crippen LogP contribution in [0.15, 0.2) is 48.5 Å². The molecule has 0 radical (unpaired) electrons. The van der Waals surface area contributed by atoms with Crippen LogP contribution in [0.2, 0.25) is 0 Å². The highest BCUT2D eigenvalue weighted by Gasteiger charge is 2.09. The number of hydrogen-bond acceptors (Lipinski definition) is 2. The molecule has 2 nitrogen and oxygen atoms in total. The van der Waals surface area contributed by atoms with Gasteiger partial charge in [0.25, 0.3) is 0 Å². The summed E-state index contributed by atoms with van der Waals surface area (Å²) in [5.41, 5.74) is 2.91. The van der Waals surface area contributed by atoms with Gasteiger partial charge in [-0.25, -0.2) is 0 Å². The maximum absolute atomic E-state index is 11.7. The van der Waals surface area contributed by atoms with E-state index in [9.17, 15) is 4.79 Å². The van der Waals surface area contributed by atoms with Gasteiger partial charge in [-0.2, -0.15) is 0 Å². The summed E-state index contributed by atoms with van der Waals surface area (Å²) in [6, 6.07) is 15.8. The number of carbonyl (C=O) groups is 1. The van der Waals surface area contributed by atoms with Crippen LogP contribution in [0.3, 0.4) is 0 Å². The van der Waals surface area contributed by atoms with Crippen LogP contribution in [0.1, 0.15) is 35.3 Å². The van der Waals surface area contributed by atoms with Crippen molar-refractivity contribution in [1.29, 1.82) is 0 Å². The Labute approximate surface area is 114 Å². The second-order valence-electron chi connectivity index (χ2n) is 4.51. The van der Waals surface area contributed by atoms with E-state index in [4.69, 9.17) is 4.74 Å². The van der Waals surface area contributed by atoms with Crippen molar-refractivity contribution in [3.05, 3.63) is 65.2 Å². The lowest BCUT2D eigenvalue weighted by molar-refractivity contribution is 0.101. The summed E-state index contributed by atoms with van der Waals surface area (Å²) >= 11 is 0. The summed E-state index contributed by atoms with van der Waals surface area (Å²) in [4.78, 5) is 11.7. The average Bonchev–Trinajstić information content (AvgIpc) is 2.46. The van der Waals surface area contributed by atoms with Crippen molar-refractivity contribution in [2.24, 2.45) is 0 Å². The monoisotopic (exact) mass is 254 g/mol. The molecule has 0 heterocycles. The van der Waals surface area contributed by atoms with Gasteiger partial charge in [0.2, 0.25) is 0 Å². The van der Waals surface area contributed by atoms with Gasteiger partial charge in [-0.1, -0.05) is 43.3 Å². The van der Waals surface area contributed by atoms with Gasteiger partial charge < -0.3 is 4.74 Å². The molecule has 2 aromatic carbocycles. The molecule has 2 rings (SSSR count). The van der Waals surface area contributed by atoms with Gasteiger partial charge in [0.15, 0.2) is 5.78 Å². The number of hydrogen-bond donors (Lipinski definition) is 0. The molecule has 0 fully saturated rings. The van der Waals surface area contributed by atoms with Crippen molar-refractivity contribution >= 4 is 5.78 Å². The minimum Gasteiger partial charge on any atom is -0.488 e. The Bertz CT molecular complexity index is 559. The summed E-state index contributed by atoms with van der Waals surface area (Å²) in [5, 5.41) is 0. The van der Waals surface area contributed by atoms with E-state index in [2.05, 4.69) is 6.92 Å². The number of carbonyl (C=O) groups excluding carboxylic acids is 1. The Morgan fingerprint density at radius 3 is 2.42 bits per heavy atom. The number of benzene rings is 2. The predicted molar refractivity (Wildman–Crippen MR) is 76.6 cm³/mol. The lowest BCUT2D eigenvalue weighted by atomic mass is 10.1. The highest BCUT2D eigenvalue weighted by Crippen LogP contribution is 2.22. The fourth-order valence-corrected chi connectivity index (χ4v) is 1.93. The molecule has 0 aliphatic rings. The Morgan fingerprint density at radius 1 is 1.05 bits per heavy atom. The average molecular weight is 254 g/mol. The largest absolute Gasteiger partial charge is 0.488 e. The molecule has 0 saturated carbocycles. The molecule has 0 aromatic heterocycles. The van der Waals surface area contributed by atoms with Gasteiger partial charge in [-0.15, -0.1) is 0 Å². The topological polar surface area (TPSA) is 26.3 Å². The lowest BCUT2D eigenvalue weighted by Gasteiger charge is -2.11. The molecule has 19 heavy (non-hydrogen) atoms. The minimum atomic E-state index is 0.0401. The maximum Gasteiger partial charge on any atom is 0.163 e. The summed E-state index contributed by atoms with van der Waals surface area (Å²) in [6.07, 6.45) is 0.916. The third-order valence-corrected chi connectivity index (χ3v) is 3.07. The molecule has 0 spiro atoms. The van der Waals surface area contributed by atoms with Crippen LogP contribution in [0.4, 0.5) is 0 Å². The van der Waals surface area contributed by atoms with Crippen molar-refractivity contribution in [2.75, 3.05) is 0 Å². The van der Waals surface area contributed by atoms with Crippen molar-refractivity contribution in [1.82, 2.24) is 0 Å². The molecule has 0 amide bonds. The minimum absolute atomic E-state index is 0.0401. The van der Waals surface area contributed by atoms with Crippen molar-refractivity contribution in [2.45, 2.75) is 26.9 Å². The zero-order chi connectivity index (χ0) is 13.7. The van der Waals surface area contributed by atoms with Gasteiger partial charge >= 0.3 is 0 Å². The molecule has 0 unspecified atom stereocenters. The lowest BCUT2D eigenvalue weighted by Crippen LogP contribution is -2.02. The molecular weight excluding hydrogens is 236 g/mol. The van der Waals surface area contributed by atoms with E-state index in [0.29, 0.717) is 17.9 Å². The first kappa shape index (κ1) is 13.3. The molecule has 0 N–H and O–H groups in total. The third kappa shape index (κ3) is 3.44. The first-order chi connectivity index (χ1) is 9.20. The van der Waals surface area contributed by atoms with E-state index in [1.54, 1.807) is 6.92 Å². The van der Waals surface area contributed by atoms with E-state index in [1.807, 2.05) is 48.5 Å². The van der Waals surface area contributed by atoms with Crippen LogP contribution in [0.5, 0.6) is 5.75 Å². The quantitative estimate of drug-likeness (QED) is 0.753. The Kier molecular flexibility index (Phi) is 4.35. The normalized spacial score (nSPS) is 10.2. The SMILES string of the molecule is CCc1ccc(OCc2ccccc2)c(C(C)=O)c1. The highest BCUT2D eigenvalue weighted by molar-refractivity contribution is 5.97. The summed E-state index contributed by atoms with van der Waals surface area (Å²) in [6.45, 7) is 4.13. The highest BCUT2D eigenvalue weighted by atomic mass is 16.5. The fourth-order valence-electron chi connectivity index (χ4n) is 1.93. The van der Waals surface area contributed by atoms with Crippen LogP contribution in [-0.2, 0) is 13.0 Å². The second-order valence-corrected chi connectivity index (χ2v) is 4.51. The molecule has 0 atom stereocenters. The molecule has 0 bridgehead atoms. The number of ketones is 1. The number of Topliss-reactive ketones (excluding diaryl/α,β-unsaturated/α-hetero) is 1. The molecule has 0 saturated heterocycles. The molecular formula is C17H18O2. The smallest absolute Gasteiger partial charge is 0.163 e. The van der Waals surface area contributed by atoms with Gasteiger partial charge in [-0.05, 0) is 36.6 Å². The number of aryl methyl sites for hydroxylation is 1. The number of ether oxygens (including phenoxy) is 1. The van der Waals surface area contributed by atoms with Crippen molar-refractivity contribution in [3.8, 4) is 5.75 Å². The zero-order valence-electron chi connectivity index (χ0n) is 11.3. The second kappa shape index (κ2) is 6.19. The van der Waals surface area contributed by atoms with E-state index in [1.165, 1.54) is 0 Å². The van der Waals surface area contributed by atoms with E-state index in [0.717, 1.165) is 17.5 Å². The Balaban J connectivity index is 2.18. The van der Waals surface area contributed by atoms with Gasteiger partial charge in [0.05, 0.1) is 5.56 Å². The zero-order valence-corrected chi connectivity index (χ0v) is 11.3. The summed E-state index contributed by atoms with van der Waals surface area (Å²) in [5.74, 6) is 0.701.